The standard InChI is InChI=1S/C11H14ClNO4S/c1-16-10-3-2-9(12)8-11(10)18(14,15)13-4-6-17-7-5-13/h2-3,8H,4-7H2,1H3. The molecule has 0 amide bonds. The molecule has 0 saturated carbocycles. The summed E-state index contributed by atoms with van der Waals surface area (Å²) >= 11 is 5.86. The maximum absolute atomic E-state index is 12.5. The second-order valence-corrected chi connectivity index (χ2v) is 6.15. The Kier molecular flexibility index (Phi) is 4.11. The molecule has 100 valence electrons. The number of sulfonamides is 1. The summed E-state index contributed by atoms with van der Waals surface area (Å²) in [6.07, 6.45) is 0. The molecule has 18 heavy (non-hydrogen) atoms. The topological polar surface area (TPSA) is 55.8 Å². The van der Waals surface area contributed by atoms with Crippen LogP contribution in [0.3, 0.4) is 0 Å². The third-order valence-electron chi connectivity index (χ3n) is 2.71. The Balaban J connectivity index is 2.42. The van der Waals surface area contributed by atoms with Crippen molar-refractivity contribution in [2.75, 3.05) is 33.4 Å². The number of benzene rings is 1. The van der Waals surface area contributed by atoms with Crippen LogP contribution >= 0.6 is 11.6 Å². The Morgan fingerprint density at radius 3 is 2.61 bits per heavy atom. The van der Waals surface area contributed by atoms with E-state index in [1.165, 1.54) is 17.5 Å². The van der Waals surface area contributed by atoms with Gasteiger partial charge in [0.25, 0.3) is 0 Å². The van der Waals surface area contributed by atoms with E-state index in [-0.39, 0.29) is 4.90 Å². The van der Waals surface area contributed by atoms with Crippen molar-refractivity contribution in [3.8, 4) is 5.75 Å². The summed E-state index contributed by atoms with van der Waals surface area (Å²) < 4.78 is 36.5. The van der Waals surface area contributed by atoms with Crippen LogP contribution in [-0.4, -0.2) is 46.1 Å². The Morgan fingerprint density at radius 2 is 2.00 bits per heavy atom. The highest BCUT2D eigenvalue weighted by Crippen LogP contribution is 2.29. The van der Waals surface area contributed by atoms with Crippen LogP contribution in [0.4, 0.5) is 0 Å². The Bertz CT molecular complexity index is 526. The van der Waals surface area contributed by atoms with Crippen molar-refractivity contribution in [2.45, 2.75) is 4.90 Å². The van der Waals surface area contributed by atoms with Crippen molar-refractivity contribution in [1.82, 2.24) is 4.31 Å². The maximum atomic E-state index is 12.5. The molecule has 1 aliphatic heterocycles. The smallest absolute Gasteiger partial charge is 0.246 e. The van der Waals surface area contributed by atoms with Crippen LogP contribution in [0, 0.1) is 0 Å². The summed E-state index contributed by atoms with van der Waals surface area (Å²) in [5, 5.41) is 0.364. The van der Waals surface area contributed by atoms with Crippen LogP contribution in [0.2, 0.25) is 5.02 Å². The van der Waals surface area contributed by atoms with Crippen LogP contribution < -0.4 is 4.74 Å². The first-order chi connectivity index (χ1) is 8.55. The molecule has 0 spiro atoms. The molecule has 0 unspecified atom stereocenters. The number of halogens is 1. The summed E-state index contributed by atoms with van der Waals surface area (Å²) in [6.45, 7) is 1.50. The number of rotatable bonds is 3. The predicted octanol–water partition coefficient (Wildman–Crippen LogP) is 1.37. The van der Waals surface area contributed by atoms with Gasteiger partial charge in [-0.2, -0.15) is 4.31 Å². The van der Waals surface area contributed by atoms with E-state index in [0.717, 1.165) is 0 Å². The van der Waals surface area contributed by atoms with Gasteiger partial charge in [-0.1, -0.05) is 11.6 Å². The molecule has 0 atom stereocenters. The van der Waals surface area contributed by atoms with Crippen molar-refractivity contribution in [2.24, 2.45) is 0 Å². The molecule has 1 aromatic carbocycles. The lowest BCUT2D eigenvalue weighted by Crippen LogP contribution is -2.40. The average Bonchev–Trinajstić information content (AvgIpc) is 2.39. The predicted molar refractivity (Wildman–Crippen MR) is 67.6 cm³/mol. The molecule has 1 fully saturated rings. The zero-order chi connectivity index (χ0) is 13.2. The molecule has 0 N–H and O–H groups in total. The molecule has 7 heteroatoms. The first-order valence-corrected chi connectivity index (χ1v) is 7.29. The van der Waals surface area contributed by atoms with E-state index in [9.17, 15) is 8.42 Å². The quantitative estimate of drug-likeness (QED) is 0.844. The highest BCUT2D eigenvalue weighted by molar-refractivity contribution is 7.89. The van der Waals surface area contributed by atoms with Crippen LogP contribution in [0.25, 0.3) is 0 Å². The van der Waals surface area contributed by atoms with Crippen molar-refractivity contribution in [1.29, 1.82) is 0 Å². The zero-order valence-corrected chi connectivity index (χ0v) is 11.5. The molecule has 1 aromatic rings. The van der Waals surface area contributed by atoms with E-state index in [0.29, 0.717) is 37.1 Å². The summed E-state index contributed by atoms with van der Waals surface area (Å²) in [5.41, 5.74) is 0. The van der Waals surface area contributed by atoms with Crippen molar-refractivity contribution in [3.63, 3.8) is 0 Å². The van der Waals surface area contributed by atoms with Crippen LogP contribution in [-0.2, 0) is 14.8 Å². The van der Waals surface area contributed by atoms with Gasteiger partial charge in [0.2, 0.25) is 10.0 Å². The minimum absolute atomic E-state index is 0.0967. The molecule has 0 bridgehead atoms. The van der Waals surface area contributed by atoms with Gasteiger partial charge in [0, 0.05) is 18.1 Å². The third kappa shape index (κ3) is 2.61. The Morgan fingerprint density at radius 1 is 1.33 bits per heavy atom. The van der Waals surface area contributed by atoms with Crippen LogP contribution in [0.1, 0.15) is 0 Å². The molecular weight excluding hydrogens is 278 g/mol. The van der Waals surface area contributed by atoms with Gasteiger partial charge >= 0.3 is 0 Å². The first-order valence-electron chi connectivity index (χ1n) is 5.47. The number of hydrogen-bond donors (Lipinski definition) is 0. The van der Waals surface area contributed by atoms with Gasteiger partial charge in [-0.3, -0.25) is 0 Å². The summed E-state index contributed by atoms with van der Waals surface area (Å²) in [7, 11) is -2.15. The van der Waals surface area contributed by atoms with Crippen molar-refractivity contribution in [3.05, 3.63) is 23.2 Å². The normalized spacial score (nSPS) is 17.7. The molecule has 0 aromatic heterocycles. The minimum Gasteiger partial charge on any atom is -0.495 e. The van der Waals surface area contributed by atoms with Crippen molar-refractivity contribution < 1.29 is 17.9 Å². The lowest BCUT2D eigenvalue weighted by molar-refractivity contribution is 0.0729. The Labute approximate surface area is 111 Å². The molecule has 2 rings (SSSR count). The van der Waals surface area contributed by atoms with Gasteiger partial charge in [-0.15, -0.1) is 0 Å². The monoisotopic (exact) mass is 291 g/mol. The van der Waals surface area contributed by atoms with E-state index in [2.05, 4.69) is 0 Å². The first kappa shape index (κ1) is 13.6. The SMILES string of the molecule is COc1ccc(Cl)cc1S(=O)(=O)N1CCOCC1. The lowest BCUT2D eigenvalue weighted by atomic mass is 10.3. The number of hydrogen-bond acceptors (Lipinski definition) is 4. The van der Waals surface area contributed by atoms with Gasteiger partial charge in [0.15, 0.2) is 0 Å². The summed E-state index contributed by atoms with van der Waals surface area (Å²) in [4.78, 5) is 0.0967. The largest absolute Gasteiger partial charge is 0.495 e. The fourth-order valence-corrected chi connectivity index (χ4v) is 3.60. The van der Waals surface area contributed by atoms with E-state index < -0.39 is 10.0 Å². The summed E-state index contributed by atoms with van der Waals surface area (Å²) in [5.74, 6) is 0.297. The number of methoxy groups -OCH3 is 1. The van der Waals surface area contributed by atoms with E-state index in [4.69, 9.17) is 21.1 Å². The van der Waals surface area contributed by atoms with Gasteiger partial charge in [0.1, 0.15) is 10.6 Å². The van der Waals surface area contributed by atoms with Crippen LogP contribution in [0.15, 0.2) is 23.1 Å². The molecule has 0 radical (unpaired) electrons. The highest BCUT2D eigenvalue weighted by Gasteiger charge is 2.29. The Hall–Kier alpha value is -0.820. The van der Waals surface area contributed by atoms with E-state index in [1.54, 1.807) is 12.1 Å². The van der Waals surface area contributed by atoms with Gasteiger partial charge < -0.3 is 9.47 Å². The number of morpholine rings is 1. The molecule has 0 aliphatic carbocycles. The van der Waals surface area contributed by atoms with E-state index >= 15 is 0 Å². The maximum Gasteiger partial charge on any atom is 0.246 e. The van der Waals surface area contributed by atoms with Gasteiger partial charge in [-0.05, 0) is 18.2 Å². The average molecular weight is 292 g/mol. The second-order valence-electron chi connectivity index (χ2n) is 3.81. The van der Waals surface area contributed by atoms with Gasteiger partial charge in [0.05, 0.1) is 20.3 Å². The second kappa shape index (κ2) is 5.44. The minimum atomic E-state index is -3.58. The molecule has 1 saturated heterocycles. The van der Waals surface area contributed by atoms with Crippen LogP contribution in [0.5, 0.6) is 5.75 Å². The number of nitrogens with zero attached hydrogens (tertiary/aromatic N) is 1. The van der Waals surface area contributed by atoms with E-state index in [1.807, 2.05) is 0 Å². The summed E-state index contributed by atoms with van der Waals surface area (Å²) in [6, 6.07) is 4.56. The molecular formula is C11H14ClNO4S. The lowest BCUT2D eigenvalue weighted by Gasteiger charge is -2.26. The highest BCUT2D eigenvalue weighted by atomic mass is 35.5. The number of ether oxygens (including phenoxy) is 2. The fraction of sp³-hybridized carbons (Fsp3) is 0.455. The fourth-order valence-electron chi connectivity index (χ4n) is 1.78. The third-order valence-corrected chi connectivity index (χ3v) is 4.87. The molecule has 5 nitrogen and oxygen atoms in total. The molecule has 1 heterocycles. The zero-order valence-electron chi connectivity index (χ0n) is 9.93. The van der Waals surface area contributed by atoms with Crippen molar-refractivity contribution >= 4 is 21.6 Å². The van der Waals surface area contributed by atoms with Gasteiger partial charge in [-0.25, -0.2) is 8.42 Å². The molecule has 1 aliphatic rings.